The molecule has 1 heterocycles. The SMILES string of the molecule is CCOC(=O)Cn1c(=NC(=O)c2ccc(S(=O)(=O)N(C)C3CCCCC3)cc2)sc2cc(S(N)(=O)=O)ccc21. The summed E-state index contributed by atoms with van der Waals surface area (Å²) in [5, 5.41) is 5.25. The fourth-order valence-corrected chi connectivity index (χ4v) is 7.63. The number of hydrogen-bond acceptors (Lipinski definition) is 8. The highest BCUT2D eigenvalue weighted by Gasteiger charge is 2.29. The van der Waals surface area contributed by atoms with E-state index >= 15 is 0 Å². The van der Waals surface area contributed by atoms with E-state index in [2.05, 4.69) is 4.99 Å². The molecule has 4 rings (SSSR count). The van der Waals surface area contributed by atoms with E-state index < -0.39 is 31.9 Å². The van der Waals surface area contributed by atoms with Crippen LogP contribution in [0.3, 0.4) is 0 Å². The molecule has 0 atom stereocenters. The number of nitrogens with two attached hydrogens (primary N) is 1. The van der Waals surface area contributed by atoms with Crippen molar-refractivity contribution in [1.82, 2.24) is 8.87 Å². The van der Waals surface area contributed by atoms with Gasteiger partial charge in [0.05, 0.1) is 26.6 Å². The molecule has 0 saturated heterocycles. The average molecular weight is 595 g/mol. The van der Waals surface area contributed by atoms with E-state index in [4.69, 9.17) is 9.88 Å². The lowest BCUT2D eigenvalue weighted by atomic mass is 9.96. The van der Waals surface area contributed by atoms with Crippen molar-refractivity contribution in [2.75, 3.05) is 13.7 Å². The number of primary sulfonamides is 1. The molecule has 0 bridgehead atoms. The molecule has 1 aliphatic carbocycles. The Hall–Kier alpha value is -2.91. The van der Waals surface area contributed by atoms with Crippen LogP contribution in [0.15, 0.2) is 57.2 Å². The molecular weight excluding hydrogens is 564 g/mol. The van der Waals surface area contributed by atoms with E-state index in [1.165, 1.54) is 51.3 Å². The Kier molecular flexibility index (Phi) is 8.71. The van der Waals surface area contributed by atoms with E-state index in [0.29, 0.717) is 10.2 Å². The zero-order valence-electron chi connectivity index (χ0n) is 21.6. The largest absolute Gasteiger partial charge is 0.465 e. The number of ether oxygens (including phenoxy) is 1. The number of nitrogens with zero attached hydrogens (tertiary/aromatic N) is 3. The van der Waals surface area contributed by atoms with Crippen LogP contribution >= 0.6 is 11.3 Å². The third kappa shape index (κ3) is 6.47. The van der Waals surface area contributed by atoms with Gasteiger partial charge in [0.25, 0.3) is 5.91 Å². The number of esters is 1. The van der Waals surface area contributed by atoms with Crippen molar-refractivity contribution in [1.29, 1.82) is 0 Å². The van der Waals surface area contributed by atoms with Gasteiger partial charge in [-0.15, -0.1) is 0 Å². The highest BCUT2D eigenvalue weighted by atomic mass is 32.2. The molecule has 210 valence electrons. The third-order valence-electron chi connectivity index (χ3n) is 6.64. The molecular formula is C25H30N4O7S3. The molecule has 2 aromatic carbocycles. The zero-order chi connectivity index (χ0) is 28.4. The number of carbonyl (C=O) groups excluding carboxylic acids is 2. The molecule has 2 N–H and O–H groups in total. The van der Waals surface area contributed by atoms with E-state index in [-0.39, 0.29) is 39.3 Å². The summed E-state index contributed by atoms with van der Waals surface area (Å²) < 4.78 is 58.2. The van der Waals surface area contributed by atoms with Gasteiger partial charge in [-0.1, -0.05) is 30.6 Å². The monoisotopic (exact) mass is 594 g/mol. The third-order valence-corrected chi connectivity index (χ3v) is 10.5. The predicted molar refractivity (Wildman–Crippen MR) is 146 cm³/mol. The summed E-state index contributed by atoms with van der Waals surface area (Å²) >= 11 is 1.01. The fourth-order valence-electron chi connectivity index (χ4n) is 4.53. The second kappa shape index (κ2) is 11.7. The number of benzene rings is 2. The summed E-state index contributed by atoms with van der Waals surface area (Å²) in [5.74, 6) is -1.21. The van der Waals surface area contributed by atoms with Gasteiger partial charge in [0.15, 0.2) is 4.80 Å². The molecule has 14 heteroatoms. The standard InChI is InChI=1S/C25H30N4O7S3/c1-3-36-23(30)16-29-21-14-13-20(38(26,32)33)15-22(21)37-25(29)27-24(31)17-9-11-19(12-10-17)39(34,35)28(2)18-7-5-4-6-8-18/h9-15,18H,3-8,16H2,1-2H3,(H2,26,32,33). The van der Waals surface area contributed by atoms with Gasteiger partial charge in [0, 0.05) is 18.7 Å². The molecule has 1 amide bonds. The summed E-state index contributed by atoms with van der Waals surface area (Å²) in [7, 11) is -6.10. The fraction of sp³-hybridized carbons (Fsp3) is 0.400. The van der Waals surface area contributed by atoms with Crippen molar-refractivity contribution in [3.05, 3.63) is 52.8 Å². The summed E-state index contributed by atoms with van der Waals surface area (Å²) in [5.41, 5.74) is 0.624. The molecule has 3 aromatic rings. The van der Waals surface area contributed by atoms with Gasteiger partial charge in [0.1, 0.15) is 6.54 Å². The van der Waals surface area contributed by atoms with Gasteiger partial charge in [-0.3, -0.25) is 9.59 Å². The smallest absolute Gasteiger partial charge is 0.326 e. The number of thiazole rings is 1. The summed E-state index contributed by atoms with van der Waals surface area (Å²) in [4.78, 5) is 29.6. The minimum Gasteiger partial charge on any atom is -0.465 e. The number of carbonyl (C=O) groups is 2. The van der Waals surface area contributed by atoms with Gasteiger partial charge in [-0.2, -0.15) is 9.30 Å². The van der Waals surface area contributed by atoms with Crippen molar-refractivity contribution >= 4 is 53.5 Å². The van der Waals surface area contributed by atoms with Crippen LogP contribution in [0.4, 0.5) is 0 Å². The maximum atomic E-state index is 13.1. The lowest BCUT2D eigenvalue weighted by Crippen LogP contribution is -2.38. The van der Waals surface area contributed by atoms with Crippen LogP contribution in [0.1, 0.15) is 49.4 Å². The summed E-state index contributed by atoms with van der Waals surface area (Å²) in [6.07, 6.45) is 4.75. The quantitative estimate of drug-likeness (QED) is 0.393. The molecule has 1 aromatic heterocycles. The number of fused-ring (bicyclic) bond motifs is 1. The number of hydrogen-bond donors (Lipinski definition) is 1. The van der Waals surface area contributed by atoms with Crippen LogP contribution in [-0.2, 0) is 36.1 Å². The second-order valence-electron chi connectivity index (χ2n) is 9.20. The first kappa shape index (κ1) is 29.1. The minimum absolute atomic E-state index is 0.0439. The number of sulfonamides is 2. The maximum absolute atomic E-state index is 13.1. The van der Waals surface area contributed by atoms with Crippen LogP contribution in [0, 0.1) is 0 Å². The predicted octanol–water partition coefficient (Wildman–Crippen LogP) is 2.61. The van der Waals surface area contributed by atoms with Crippen molar-refractivity contribution in [3.8, 4) is 0 Å². The van der Waals surface area contributed by atoms with Crippen LogP contribution in [0.25, 0.3) is 10.2 Å². The lowest BCUT2D eigenvalue weighted by molar-refractivity contribution is -0.143. The second-order valence-corrected chi connectivity index (χ2v) is 13.8. The van der Waals surface area contributed by atoms with Crippen LogP contribution in [-0.4, -0.2) is 57.3 Å². The molecule has 11 nitrogen and oxygen atoms in total. The Labute approximate surface area is 231 Å². The van der Waals surface area contributed by atoms with Gasteiger partial charge in [-0.05, 0) is 62.2 Å². The molecule has 0 radical (unpaired) electrons. The van der Waals surface area contributed by atoms with E-state index in [9.17, 15) is 26.4 Å². The topological polar surface area (TPSA) is 158 Å². The van der Waals surface area contributed by atoms with Crippen LogP contribution < -0.4 is 9.94 Å². The van der Waals surface area contributed by atoms with Crippen molar-refractivity contribution in [2.24, 2.45) is 10.1 Å². The Balaban J connectivity index is 1.68. The van der Waals surface area contributed by atoms with E-state index in [1.807, 2.05) is 0 Å². The Bertz CT molecular complexity index is 1670. The maximum Gasteiger partial charge on any atom is 0.326 e. The van der Waals surface area contributed by atoms with Gasteiger partial charge < -0.3 is 9.30 Å². The first-order valence-corrected chi connectivity index (χ1v) is 16.2. The minimum atomic E-state index is -3.97. The van der Waals surface area contributed by atoms with E-state index in [0.717, 1.165) is 43.4 Å². The van der Waals surface area contributed by atoms with Crippen molar-refractivity contribution in [2.45, 2.75) is 61.4 Å². The Morgan fingerprint density at radius 1 is 1.05 bits per heavy atom. The molecule has 39 heavy (non-hydrogen) atoms. The molecule has 0 spiro atoms. The van der Waals surface area contributed by atoms with Crippen LogP contribution in [0.5, 0.6) is 0 Å². The van der Waals surface area contributed by atoms with Gasteiger partial charge >= 0.3 is 5.97 Å². The highest BCUT2D eigenvalue weighted by molar-refractivity contribution is 7.89. The number of amides is 1. The Morgan fingerprint density at radius 3 is 2.31 bits per heavy atom. The zero-order valence-corrected chi connectivity index (χ0v) is 24.0. The van der Waals surface area contributed by atoms with Crippen molar-refractivity contribution < 1.29 is 31.2 Å². The molecule has 0 aliphatic heterocycles. The molecule has 0 unspecified atom stereocenters. The molecule has 1 fully saturated rings. The summed E-state index contributed by atoms with van der Waals surface area (Å²) in [6, 6.07) is 9.66. The van der Waals surface area contributed by atoms with Crippen molar-refractivity contribution in [3.63, 3.8) is 0 Å². The Morgan fingerprint density at radius 2 is 1.69 bits per heavy atom. The normalized spacial score (nSPS) is 15.6. The molecule has 1 aliphatic rings. The number of rotatable bonds is 8. The van der Waals surface area contributed by atoms with Gasteiger partial charge in [-0.25, -0.2) is 22.0 Å². The first-order chi connectivity index (χ1) is 18.4. The summed E-state index contributed by atoms with van der Waals surface area (Å²) in [6.45, 7) is 1.57. The average Bonchev–Trinajstić information content (AvgIpc) is 3.24. The molecule has 1 saturated carbocycles. The number of aromatic nitrogens is 1. The van der Waals surface area contributed by atoms with E-state index in [1.54, 1.807) is 14.0 Å². The highest BCUT2D eigenvalue weighted by Crippen LogP contribution is 2.27. The van der Waals surface area contributed by atoms with Gasteiger partial charge in [0.2, 0.25) is 20.0 Å². The van der Waals surface area contributed by atoms with Crippen LogP contribution in [0.2, 0.25) is 0 Å². The first-order valence-electron chi connectivity index (χ1n) is 12.4. The lowest BCUT2D eigenvalue weighted by Gasteiger charge is -2.30.